The van der Waals surface area contributed by atoms with E-state index in [9.17, 15) is 4.79 Å². The summed E-state index contributed by atoms with van der Waals surface area (Å²) in [6, 6.07) is 9.63. The molecule has 2 unspecified atom stereocenters. The number of hydrogen-bond acceptors (Lipinski definition) is 3. The Bertz CT molecular complexity index is 408. The number of benzene rings is 1. The molecule has 2 rings (SSSR count). The Morgan fingerprint density at radius 3 is 2.75 bits per heavy atom. The van der Waals surface area contributed by atoms with Gasteiger partial charge in [0, 0.05) is 5.92 Å². The van der Waals surface area contributed by atoms with Gasteiger partial charge in [-0.05, 0) is 37.4 Å². The van der Waals surface area contributed by atoms with E-state index in [0.717, 1.165) is 25.0 Å². The zero-order valence-corrected chi connectivity index (χ0v) is 11.9. The Morgan fingerprint density at radius 2 is 2.00 bits per heavy atom. The molecule has 3 N–H and O–H groups in total. The highest BCUT2D eigenvalue weighted by Crippen LogP contribution is 2.29. The summed E-state index contributed by atoms with van der Waals surface area (Å²) in [5.74, 6) is 1.40. The van der Waals surface area contributed by atoms with E-state index in [1.807, 2.05) is 30.3 Å². The summed E-state index contributed by atoms with van der Waals surface area (Å²) in [6.07, 6.45) is 4.38. The second-order valence-corrected chi connectivity index (χ2v) is 5.34. The highest BCUT2D eigenvalue weighted by molar-refractivity contribution is 5.79. The minimum absolute atomic E-state index is 0.0884. The number of hydrogen-bond donors (Lipinski definition) is 2. The average molecular weight is 276 g/mol. The first-order chi connectivity index (χ1) is 9.81. The molecular formula is C16H24N2O2. The predicted octanol–water partition coefficient (Wildman–Crippen LogP) is 1.95. The fourth-order valence-corrected chi connectivity index (χ4v) is 2.83. The first-order valence-corrected chi connectivity index (χ1v) is 7.47. The summed E-state index contributed by atoms with van der Waals surface area (Å²) in [6.45, 7) is 1.65. The predicted molar refractivity (Wildman–Crippen MR) is 79.4 cm³/mol. The molecule has 1 saturated carbocycles. The molecule has 1 aliphatic rings. The summed E-state index contributed by atoms with van der Waals surface area (Å²) < 4.78 is 5.56. The topological polar surface area (TPSA) is 64.4 Å². The van der Waals surface area contributed by atoms with Gasteiger partial charge in [-0.15, -0.1) is 0 Å². The fraction of sp³-hybridized carbons (Fsp3) is 0.562. The molecule has 0 aromatic heterocycles. The number of ether oxygens (including phenoxy) is 1. The van der Waals surface area contributed by atoms with Crippen molar-refractivity contribution in [3.8, 4) is 5.75 Å². The van der Waals surface area contributed by atoms with Crippen LogP contribution in [-0.2, 0) is 4.79 Å². The monoisotopic (exact) mass is 276 g/mol. The molecule has 0 radical (unpaired) electrons. The zero-order valence-electron chi connectivity index (χ0n) is 11.9. The number of carbonyl (C=O) groups is 1. The van der Waals surface area contributed by atoms with E-state index in [1.54, 1.807) is 0 Å². The maximum absolute atomic E-state index is 12.2. The quantitative estimate of drug-likeness (QED) is 0.781. The lowest BCUT2D eigenvalue weighted by atomic mass is 9.79. The molecule has 0 aliphatic heterocycles. The molecule has 1 amide bonds. The summed E-state index contributed by atoms with van der Waals surface area (Å²) >= 11 is 0. The third-order valence-electron chi connectivity index (χ3n) is 3.96. The number of nitrogens with two attached hydrogens (primary N) is 1. The molecule has 1 fully saturated rings. The van der Waals surface area contributed by atoms with Crippen molar-refractivity contribution in [1.29, 1.82) is 0 Å². The standard InChI is InChI=1S/C16H24N2O2/c17-12-13-6-4-5-9-15(13)16(19)18-10-11-20-14-7-2-1-3-8-14/h1-3,7-8,13,15H,4-6,9-12,17H2,(H,18,19). The molecule has 4 heteroatoms. The second kappa shape index (κ2) is 7.90. The van der Waals surface area contributed by atoms with Crippen LogP contribution in [0.4, 0.5) is 0 Å². The van der Waals surface area contributed by atoms with Crippen LogP contribution in [0.3, 0.4) is 0 Å². The van der Waals surface area contributed by atoms with Crippen LogP contribution in [0.2, 0.25) is 0 Å². The Hall–Kier alpha value is -1.55. The van der Waals surface area contributed by atoms with Crippen molar-refractivity contribution in [2.75, 3.05) is 19.7 Å². The van der Waals surface area contributed by atoms with E-state index in [1.165, 1.54) is 6.42 Å². The smallest absolute Gasteiger partial charge is 0.223 e. The molecular weight excluding hydrogens is 252 g/mol. The SMILES string of the molecule is NCC1CCCCC1C(=O)NCCOc1ccccc1. The maximum Gasteiger partial charge on any atom is 0.223 e. The van der Waals surface area contributed by atoms with Crippen LogP contribution in [0, 0.1) is 11.8 Å². The van der Waals surface area contributed by atoms with Crippen molar-refractivity contribution >= 4 is 5.91 Å². The van der Waals surface area contributed by atoms with Gasteiger partial charge in [0.1, 0.15) is 12.4 Å². The fourth-order valence-electron chi connectivity index (χ4n) is 2.83. The normalized spacial score (nSPS) is 22.2. The van der Waals surface area contributed by atoms with E-state index >= 15 is 0 Å². The molecule has 1 aromatic carbocycles. The minimum Gasteiger partial charge on any atom is -0.492 e. The Labute approximate surface area is 120 Å². The van der Waals surface area contributed by atoms with Crippen LogP contribution in [0.15, 0.2) is 30.3 Å². The van der Waals surface area contributed by atoms with Gasteiger partial charge in [0.05, 0.1) is 6.54 Å². The van der Waals surface area contributed by atoms with Gasteiger partial charge in [-0.2, -0.15) is 0 Å². The van der Waals surface area contributed by atoms with Gasteiger partial charge < -0.3 is 15.8 Å². The lowest BCUT2D eigenvalue weighted by Gasteiger charge is -2.29. The van der Waals surface area contributed by atoms with E-state index in [-0.39, 0.29) is 11.8 Å². The molecule has 1 aromatic rings. The van der Waals surface area contributed by atoms with E-state index in [4.69, 9.17) is 10.5 Å². The first-order valence-electron chi connectivity index (χ1n) is 7.47. The van der Waals surface area contributed by atoms with Crippen LogP contribution in [0.1, 0.15) is 25.7 Å². The zero-order chi connectivity index (χ0) is 14.2. The molecule has 0 heterocycles. The van der Waals surface area contributed by atoms with Gasteiger partial charge in [-0.25, -0.2) is 0 Å². The Balaban J connectivity index is 1.69. The third-order valence-corrected chi connectivity index (χ3v) is 3.96. The lowest BCUT2D eigenvalue weighted by Crippen LogP contribution is -2.40. The molecule has 4 nitrogen and oxygen atoms in total. The molecule has 0 saturated heterocycles. The van der Waals surface area contributed by atoms with Crippen molar-refractivity contribution in [2.45, 2.75) is 25.7 Å². The molecule has 1 aliphatic carbocycles. The number of rotatable bonds is 6. The van der Waals surface area contributed by atoms with Gasteiger partial charge in [-0.3, -0.25) is 4.79 Å². The molecule has 20 heavy (non-hydrogen) atoms. The van der Waals surface area contributed by atoms with Gasteiger partial charge in [0.25, 0.3) is 0 Å². The van der Waals surface area contributed by atoms with Gasteiger partial charge >= 0.3 is 0 Å². The number of carbonyl (C=O) groups excluding carboxylic acids is 1. The van der Waals surface area contributed by atoms with Crippen molar-refractivity contribution in [1.82, 2.24) is 5.32 Å². The van der Waals surface area contributed by atoms with Crippen LogP contribution in [-0.4, -0.2) is 25.6 Å². The van der Waals surface area contributed by atoms with Gasteiger partial charge in [0.15, 0.2) is 0 Å². The second-order valence-electron chi connectivity index (χ2n) is 5.34. The number of para-hydroxylation sites is 1. The minimum atomic E-state index is 0.0884. The van der Waals surface area contributed by atoms with Crippen molar-refractivity contribution < 1.29 is 9.53 Å². The van der Waals surface area contributed by atoms with Crippen LogP contribution < -0.4 is 15.8 Å². The highest BCUT2D eigenvalue weighted by Gasteiger charge is 2.29. The van der Waals surface area contributed by atoms with Crippen LogP contribution in [0.5, 0.6) is 5.75 Å². The number of amides is 1. The van der Waals surface area contributed by atoms with E-state index < -0.39 is 0 Å². The van der Waals surface area contributed by atoms with Gasteiger partial charge in [-0.1, -0.05) is 31.0 Å². The van der Waals surface area contributed by atoms with Crippen molar-refractivity contribution in [2.24, 2.45) is 17.6 Å². The largest absolute Gasteiger partial charge is 0.492 e. The lowest BCUT2D eigenvalue weighted by molar-refractivity contribution is -0.127. The third kappa shape index (κ3) is 4.23. The Morgan fingerprint density at radius 1 is 1.25 bits per heavy atom. The van der Waals surface area contributed by atoms with Crippen molar-refractivity contribution in [3.63, 3.8) is 0 Å². The van der Waals surface area contributed by atoms with Crippen LogP contribution in [0.25, 0.3) is 0 Å². The molecule has 0 bridgehead atoms. The number of nitrogens with one attached hydrogen (secondary N) is 1. The van der Waals surface area contributed by atoms with Crippen LogP contribution >= 0.6 is 0 Å². The molecule has 110 valence electrons. The first kappa shape index (κ1) is 14.9. The highest BCUT2D eigenvalue weighted by atomic mass is 16.5. The van der Waals surface area contributed by atoms with E-state index in [0.29, 0.717) is 25.6 Å². The summed E-state index contributed by atoms with van der Waals surface area (Å²) in [7, 11) is 0. The van der Waals surface area contributed by atoms with Crippen molar-refractivity contribution in [3.05, 3.63) is 30.3 Å². The van der Waals surface area contributed by atoms with E-state index in [2.05, 4.69) is 5.32 Å². The summed E-state index contributed by atoms with van der Waals surface area (Å²) in [5, 5.41) is 2.97. The molecule has 2 atom stereocenters. The summed E-state index contributed by atoms with van der Waals surface area (Å²) in [4.78, 5) is 12.2. The summed E-state index contributed by atoms with van der Waals surface area (Å²) in [5.41, 5.74) is 5.76. The Kier molecular flexibility index (Phi) is 5.87. The maximum atomic E-state index is 12.2. The molecule has 0 spiro atoms. The van der Waals surface area contributed by atoms with Gasteiger partial charge in [0.2, 0.25) is 5.91 Å². The average Bonchev–Trinajstić information content (AvgIpc) is 2.52.